The molecule has 0 spiro atoms. The lowest BCUT2D eigenvalue weighted by atomic mass is 9.85. The molecule has 1 fully saturated rings. The molecule has 1 aliphatic carbocycles. The molecule has 1 unspecified atom stereocenters. The van der Waals surface area contributed by atoms with Crippen LogP contribution in [-0.4, -0.2) is 12.6 Å². The molecule has 1 aromatic carbocycles. The van der Waals surface area contributed by atoms with E-state index in [0.29, 0.717) is 11.5 Å². The van der Waals surface area contributed by atoms with Crippen molar-refractivity contribution in [2.24, 2.45) is 0 Å². The second-order valence-corrected chi connectivity index (χ2v) is 5.23. The van der Waals surface area contributed by atoms with Gasteiger partial charge in [0.05, 0.1) is 0 Å². The molecular weight excluding hydrogens is 218 g/mol. The van der Waals surface area contributed by atoms with E-state index in [1.165, 1.54) is 24.8 Å². The highest BCUT2D eigenvalue weighted by Crippen LogP contribution is 2.52. The number of benzene rings is 1. The Hall–Kier alpha value is -1.26. The van der Waals surface area contributed by atoms with Gasteiger partial charge in [0.1, 0.15) is 0 Å². The first-order chi connectivity index (χ1) is 8.83. The van der Waals surface area contributed by atoms with E-state index in [4.69, 9.17) is 6.42 Å². The van der Waals surface area contributed by atoms with Crippen LogP contribution in [0, 0.1) is 12.3 Å². The van der Waals surface area contributed by atoms with Crippen molar-refractivity contribution in [3.8, 4) is 12.3 Å². The standard InChI is InChI=1S/C17H23N/c1-3-5-7-12-16(18-4-2)17(13-14-17)15-10-8-6-9-11-15/h1,6,8-11,16,18H,4-5,7,12-14H2,2H3. The van der Waals surface area contributed by atoms with E-state index in [-0.39, 0.29) is 0 Å². The molecule has 0 radical (unpaired) electrons. The van der Waals surface area contributed by atoms with Gasteiger partial charge in [0, 0.05) is 17.9 Å². The summed E-state index contributed by atoms with van der Waals surface area (Å²) in [6.45, 7) is 3.23. The van der Waals surface area contributed by atoms with E-state index in [1.54, 1.807) is 0 Å². The second kappa shape index (κ2) is 6.07. The monoisotopic (exact) mass is 241 g/mol. The highest BCUT2D eigenvalue weighted by Gasteiger charge is 2.49. The van der Waals surface area contributed by atoms with Gasteiger partial charge >= 0.3 is 0 Å². The number of nitrogens with one attached hydrogen (secondary N) is 1. The third-order valence-electron chi connectivity index (χ3n) is 4.07. The van der Waals surface area contributed by atoms with Crippen molar-refractivity contribution in [2.45, 2.75) is 50.5 Å². The Morgan fingerprint density at radius 1 is 1.33 bits per heavy atom. The summed E-state index contributed by atoms with van der Waals surface area (Å²) in [5.74, 6) is 2.75. The Morgan fingerprint density at radius 3 is 2.61 bits per heavy atom. The van der Waals surface area contributed by atoms with Crippen LogP contribution in [0.2, 0.25) is 0 Å². The van der Waals surface area contributed by atoms with Crippen molar-refractivity contribution in [1.29, 1.82) is 0 Å². The zero-order chi connectivity index (χ0) is 12.8. The van der Waals surface area contributed by atoms with Crippen LogP contribution in [-0.2, 0) is 5.41 Å². The first-order valence-corrected chi connectivity index (χ1v) is 7.06. The first-order valence-electron chi connectivity index (χ1n) is 7.06. The highest BCUT2D eigenvalue weighted by molar-refractivity contribution is 5.33. The summed E-state index contributed by atoms with van der Waals surface area (Å²) in [5, 5.41) is 3.67. The summed E-state index contributed by atoms with van der Waals surface area (Å²) >= 11 is 0. The number of terminal acetylenes is 1. The predicted molar refractivity (Wildman–Crippen MR) is 77.5 cm³/mol. The summed E-state index contributed by atoms with van der Waals surface area (Å²) in [6.07, 6.45) is 11.2. The van der Waals surface area contributed by atoms with Gasteiger partial charge in [-0.1, -0.05) is 37.3 Å². The summed E-state index contributed by atoms with van der Waals surface area (Å²) in [6, 6.07) is 11.5. The average Bonchev–Trinajstić information content (AvgIpc) is 3.21. The number of hydrogen-bond donors (Lipinski definition) is 1. The van der Waals surface area contributed by atoms with Gasteiger partial charge in [-0.05, 0) is 37.8 Å². The van der Waals surface area contributed by atoms with Crippen LogP contribution in [0.3, 0.4) is 0 Å². The van der Waals surface area contributed by atoms with Gasteiger partial charge < -0.3 is 5.32 Å². The second-order valence-electron chi connectivity index (χ2n) is 5.23. The molecule has 2 rings (SSSR count). The average molecular weight is 241 g/mol. The molecule has 0 saturated heterocycles. The van der Waals surface area contributed by atoms with Gasteiger partial charge in [-0.25, -0.2) is 0 Å². The summed E-state index contributed by atoms with van der Waals surface area (Å²) in [5.41, 5.74) is 1.88. The zero-order valence-electron chi connectivity index (χ0n) is 11.3. The SMILES string of the molecule is C#CCCCC(NCC)C1(c2ccccc2)CC1. The molecule has 1 heteroatoms. The molecule has 1 N–H and O–H groups in total. The summed E-state index contributed by atoms with van der Waals surface area (Å²) < 4.78 is 0. The van der Waals surface area contributed by atoms with Crippen LogP contribution in [0.4, 0.5) is 0 Å². The number of rotatable bonds is 7. The molecule has 1 aromatic rings. The molecule has 1 aliphatic rings. The molecule has 0 aliphatic heterocycles. The first kappa shape index (κ1) is 13.2. The molecule has 0 aromatic heterocycles. The van der Waals surface area contributed by atoms with E-state index >= 15 is 0 Å². The predicted octanol–water partition coefficient (Wildman–Crippen LogP) is 3.50. The summed E-state index contributed by atoms with van der Waals surface area (Å²) in [4.78, 5) is 0. The largest absolute Gasteiger partial charge is 0.313 e. The third kappa shape index (κ3) is 2.76. The highest BCUT2D eigenvalue weighted by atomic mass is 14.9. The van der Waals surface area contributed by atoms with Crippen molar-refractivity contribution in [1.82, 2.24) is 5.32 Å². The molecular formula is C17H23N. The van der Waals surface area contributed by atoms with Crippen LogP contribution in [0.5, 0.6) is 0 Å². The molecule has 0 amide bonds. The van der Waals surface area contributed by atoms with Crippen molar-refractivity contribution in [3.63, 3.8) is 0 Å². The molecule has 0 heterocycles. The Bertz CT molecular complexity index is 397. The number of unbranched alkanes of at least 4 members (excludes halogenated alkanes) is 1. The fourth-order valence-corrected chi connectivity index (χ4v) is 2.97. The van der Waals surface area contributed by atoms with Gasteiger partial charge in [0.15, 0.2) is 0 Å². The molecule has 1 saturated carbocycles. The molecule has 18 heavy (non-hydrogen) atoms. The minimum Gasteiger partial charge on any atom is -0.313 e. The van der Waals surface area contributed by atoms with E-state index in [2.05, 4.69) is 48.5 Å². The normalized spacial score (nSPS) is 18.0. The quantitative estimate of drug-likeness (QED) is 0.569. The topological polar surface area (TPSA) is 12.0 Å². The van der Waals surface area contributed by atoms with Crippen molar-refractivity contribution >= 4 is 0 Å². The van der Waals surface area contributed by atoms with Gasteiger partial charge in [-0.15, -0.1) is 12.3 Å². The van der Waals surface area contributed by atoms with E-state index < -0.39 is 0 Å². The van der Waals surface area contributed by atoms with Gasteiger partial charge in [-0.2, -0.15) is 0 Å². The van der Waals surface area contributed by atoms with Crippen LogP contribution >= 0.6 is 0 Å². The molecule has 0 bridgehead atoms. The lowest BCUT2D eigenvalue weighted by Crippen LogP contribution is -2.40. The summed E-state index contributed by atoms with van der Waals surface area (Å²) in [7, 11) is 0. The molecule has 1 atom stereocenters. The van der Waals surface area contributed by atoms with Gasteiger partial charge in [0.25, 0.3) is 0 Å². The zero-order valence-corrected chi connectivity index (χ0v) is 11.3. The fourth-order valence-electron chi connectivity index (χ4n) is 2.97. The van der Waals surface area contributed by atoms with Crippen LogP contribution in [0.15, 0.2) is 30.3 Å². The maximum absolute atomic E-state index is 5.35. The minimum atomic E-state index is 0.381. The minimum absolute atomic E-state index is 0.381. The third-order valence-corrected chi connectivity index (χ3v) is 4.07. The van der Waals surface area contributed by atoms with Crippen LogP contribution < -0.4 is 5.32 Å². The smallest absolute Gasteiger partial charge is 0.0164 e. The van der Waals surface area contributed by atoms with Crippen LogP contribution in [0.1, 0.15) is 44.6 Å². The molecule has 1 nitrogen and oxygen atoms in total. The van der Waals surface area contributed by atoms with Gasteiger partial charge in [-0.3, -0.25) is 0 Å². The van der Waals surface area contributed by atoms with E-state index in [0.717, 1.165) is 19.4 Å². The number of likely N-dealkylation sites (N-methyl/N-ethyl adjacent to an activating group) is 1. The maximum atomic E-state index is 5.35. The Balaban J connectivity index is 2.08. The number of hydrogen-bond acceptors (Lipinski definition) is 1. The van der Waals surface area contributed by atoms with E-state index in [9.17, 15) is 0 Å². The lowest BCUT2D eigenvalue weighted by Gasteiger charge is -2.28. The molecule has 96 valence electrons. The Morgan fingerprint density at radius 2 is 2.06 bits per heavy atom. The lowest BCUT2D eigenvalue weighted by molar-refractivity contribution is 0.392. The fraction of sp³-hybridized carbons (Fsp3) is 0.529. The Labute approximate surface area is 111 Å². The van der Waals surface area contributed by atoms with E-state index in [1.807, 2.05) is 0 Å². The van der Waals surface area contributed by atoms with Crippen molar-refractivity contribution in [3.05, 3.63) is 35.9 Å². The van der Waals surface area contributed by atoms with Crippen molar-refractivity contribution < 1.29 is 0 Å². The van der Waals surface area contributed by atoms with Crippen molar-refractivity contribution in [2.75, 3.05) is 6.54 Å². The Kier molecular flexibility index (Phi) is 4.44. The maximum Gasteiger partial charge on any atom is 0.0164 e. The van der Waals surface area contributed by atoms with Gasteiger partial charge in [0.2, 0.25) is 0 Å². The van der Waals surface area contributed by atoms with Crippen LogP contribution in [0.25, 0.3) is 0 Å².